The number of aliphatic hydroxyl groups is 1. The van der Waals surface area contributed by atoms with E-state index in [0.29, 0.717) is 26.1 Å². The third-order valence-electron chi connectivity index (χ3n) is 6.80. The van der Waals surface area contributed by atoms with Gasteiger partial charge in [-0.15, -0.1) is 0 Å². The zero-order valence-electron chi connectivity index (χ0n) is 19.8. The summed E-state index contributed by atoms with van der Waals surface area (Å²) in [5, 5.41) is 10.7. The van der Waals surface area contributed by atoms with Crippen molar-refractivity contribution in [3.05, 3.63) is 12.2 Å². The quantitative estimate of drug-likeness (QED) is 0.156. The highest BCUT2D eigenvalue weighted by molar-refractivity contribution is 7.09. The molecule has 2 rings (SSSR count). The highest BCUT2D eigenvalue weighted by Gasteiger charge is 2.44. The van der Waals surface area contributed by atoms with Crippen molar-refractivity contribution in [3.63, 3.8) is 0 Å². The number of ether oxygens (including phenoxy) is 4. The highest BCUT2D eigenvalue weighted by Crippen LogP contribution is 2.43. The second-order valence-electron chi connectivity index (χ2n) is 8.93. The van der Waals surface area contributed by atoms with Gasteiger partial charge in [0.15, 0.2) is 5.79 Å². The SMILES string of the molecule is COCCCCCC1(CC[C@H]2C(OP)CC(O)C2C/C=C\CCCC(=O)OC)OCCO1. The Labute approximate surface area is 195 Å². The molecule has 0 amide bonds. The van der Waals surface area contributed by atoms with Crippen molar-refractivity contribution in [2.45, 2.75) is 88.6 Å². The van der Waals surface area contributed by atoms with Crippen LogP contribution in [0.15, 0.2) is 12.2 Å². The van der Waals surface area contributed by atoms with Crippen LogP contribution in [0, 0.1) is 11.8 Å². The number of hydrogen-bond donors (Lipinski definition) is 1. The zero-order valence-corrected chi connectivity index (χ0v) is 21.0. The van der Waals surface area contributed by atoms with Gasteiger partial charge in [-0.05, 0) is 50.4 Å². The first-order valence-corrected chi connectivity index (χ1v) is 12.5. The van der Waals surface area contributed by atoms with Crippen LogP contribution in [-0.4, -0.2) is 63.1 Å². The van der Waals surface area contributed by atoms with E-state index in [1.807, 2.05) is 0 Å². The van der Waals surface area contributed by atoms with Gasteiger partial charge in [0.1, 0.15) is 0 Å². The lowest BCUT2D eigenvalue weighted by Gasteiger charge is -2.31. The number of carbonyl (C=O) groups excluding carboxylic acids is 1. The van der Waals surface area contributed by atoms with Crippen molar-refractivity contribution in [2.75, 3.05) is 34.0 Å². The Morgan fingerprint density at radius 1 is 1.09 bits per heavy atom. The maximum absolute atomic E-state index is 11.2. The summed E-state index contributed by atoms with van der Waals surface area (Å²) < 4.78 is 27.6. The lowest BCUT2D eigenvalue weighted by Crippen LogP contribution is -2.33. The standard InChI is InChI=1S/C24H43O7P/c1-27-15-9-5-8-13-24(29-16-17-30-24)14-12-20-19(21(25)18-22(20)31-32)10-6-3-4-7-11-23(26)28-2/h3,6,19-22,25H,4-5,7-18,32H2,1-2H3/b6-3-/t19?,20-,21?,22?/m1/s1. The summed E-state index contributed by atoms with van der Waals surface area (Å²) in [5.74, 6) is -0.271. The molecular formula is C24H43O7P. The Bertz CT molecular complexity index is 550. The first-order chi connectivity index (χ1) is 15.5. The topological polar surface area (TPSA) is 83.5 Å². The Kier molecular flexibility index (Phi) is 13.3. The summed E-state index contributed by atoms with van der Waals surface area (Å²) in [6.45, 7) is 2.08. The number of rotatable bonds is 16. The molecule has 0 aromatic heterocycles. The molecule has 8 heteroatoms. The van der Waals surface area contributed by atoms with Crippen LogP contribution in [0.3, 0.4) is 0 Å². The van der Waals surface area contributed by atoms with Crippen molar-refractivity contribution in [3.8, 4) is 0 Å². The molecule has 4 unspecified atom stereocenters. The van der Waals surface area contributed by atoms with E-state index in [0.717, 1.165) is 64.4 Å². The number of esters is 1. The molecule has 1 N–H and O–H groups in total. The maximum atomic E-state index is 11.2. The zero-order chi connectivity index (χ0) is 23.2. The summed E-state index contributed by atoms with van der Waals surface area (Å²) in [6, 6.07) is 0. The molecule has 5 atom stereocenters. The van der Waals surface area contributed by atoms with Gasteiger partial charge in [-0.3, -0.25) is 4.79 Å². The summed E-state index contributed by atoms with van der Waals surface area (Å²) >= 11 is 0. The van der Waals surface area contributed by atoms with Crippen molar-refractivity contribution in [1.29, 1.82) is 0 Å². The van der Waals surface area contributed by atoms with E-state index in [4.69, 9.17) is 18.7 Å². The maximum Gasteiger partial charge on any atom is 0.305 e. The van der Waals surface area contributed by atoms with Crippen LogP contribution >= 0.6 is 9.47 Å². The number of allylic oxidation sites excluding steroid dienone is 2. The molecule has 1 heterocycles. The molecule has 7 nitrogen and oxygen atoms in total. The van der Waals surface area contributed by atoms with Crippen LogP contribution in [0.4, 0.5) is 0 Å². The van der Waals surface area contributed by atoms with Gasteiger partial charge in [-0.1, -0.05) is 18.6 Å². The molecule has 2 aliphatic rings. The second-order valence-corrected chi connectivity index (χ2v) is 9.20. The predicted octanol–water partition coefficient (Wildman–Crippen LogP) is 4.18. The normalized spacial score (nSPS) is 27.4. The molecular weight excluding hydrogens is 431 g/mol. The Balaban J connectivity index is 1.85. The summed E-state index contributed by atoms with van der Waals surface area (Å²) in [5.41, 5.74) is 0. The van der Waals surface area contributed by atoms with E-state index in [1.165, 1.54) is 7.11 Å². The molecule has 0 spiro atoms. The van der Waals surface area contributed by atoms with Gasteiger partial charge >= 0.3 is 5.97 Å². The molecule has 186 valence electrons. The number of aliphatic hydroxyl groups excluding tert-OH is 1. The molecule has 0 aromatic carbocycles. The monoisotopic (exact) mass is 474 g/mol. The molecule has 1 saturated carbocycles. The third kappa shape index (κ3) is 9.00. The van der Waals surface area contributed by atoms with E-state index in [-0.39, 0.29) is 30.0 Å². The fourth-order valence-corrected chi connectivity index (χ4v) is 5.30. The Morgan fingerprint density at radius 2 is 1.88 bits per heavy atom. The third-order valence-corrected chi connectivity index (χ3v) is 7.15. The minimum Gasteiger partial charge on any atom is -0.469 e. The highest BCUT2D eigenvalue weighted by atomic mass is 31.0. The predicted molar refractivity (Wildman–Crippen MR) is 126 cm³/mol. The molecule has 1 saturated heterocycles. The average molecular weight is 475 g/mol. The van der Waals surface area contributed by atoms with Crippen molar-refractivity contribution in [2.24, 2.45) is 11.8 Å². The van der Waals surface area contributed by atoms with Gasteiger partial charge in [0.2, 0.25) is 0 Å². The van der Waals surface area contributed by atoms with Gasteiger partial charge in [0, 0.05) is 48.9 Å². The van der Waals surface area contributed by atoms with Crippen LogP contribution in [-0.2, 0) is 28.3 Å². The van der Waals surface area contributed by atoms with Gasteiger partial charge in [-0.2, -0.15) is 0 Å². The summed E-state index contributed by atoms with van der Waals surface area (Å²) in [7, 11) is 5.53. The van der Waals surface area contributed by atoms with E-state index < -0.39 is 5.79 Å². The lowest BCUT2D eigenvalue weighted by molar-refractivity contribution is -0.171. The van der Waals surface area contributed by atoms with Gasteiger partial charge < -0.3 is 28.6 Å². The molecule has 0 aromatic rings. The minimum atomic E-state index is -0.500. The van der Waals surface area contributed by atoms with Crippen molar-refractivity contribution >= 4 is 15.4 Å². The van der Waals surface area contributed by atoms with Crippen molar-refractivity contribution < 1.29 is 33.4 Å². The van der Waals surface area contributed by atoms with Crippen LogP contribution in [0.25, 0.3) is 0 Å². The average Bonchev–Trinajstić information content (AvgIpc) is 3.38. The number of unbranched alkanes of at least 4 members (excludes halogenated alkanes) is 3. The van der Waals surface area contributed by atoms with E-state index >= 15 is 0 Å². The largest absolute Gasteiger partial charge is 0.469 e. The van der Waals surface area contributed by atoms with Gasteiger partial charge in [0.25, 0.3) is 0 Å². The fourth-order valence-electron chi connectivity index (χ4n) is 4.99. The van der Waals surface area contributed by atoms with Gasteiger partial charge in [-0.25, -0.2) is 0 Å². The summed E-state index contributed by atoms with van der Waals surface area (Å²) in [4.78, 5) is 11.2. The Hall–Kier alpha value is -0.560. The molecule has 2 fully saturated rings. The van der Waals surface area contributed by atoms with Crippen LogP contribution in [0.2, 0.25) is 0 Å². The molecule has 1 aliphatic carbocycles. The van der Waals surface area contributed by atoms with Crippen LogP contribution in [0.5, 0.6) is 0 Å². The van der Waals surface area contributed by atoms with Crippen LogP contribution < -0.4 is 0 Å². The lowest BCUT2D eigenvalue weighted by atomic mass is 9.85. The van der Waals surface area contributed by atoms with E-state index in [1.54, 1.807) is 7.11 Å². The minimum absolute atomic E-state index is 0.0212. The van der Waals surface area contributed by atoms with Crippen LogP contribution in [0.1, 0.15) is 70.6 Å². The van der Waals surface area contributed by atoms with Crippen molar-refractivity contribution in [1.82, 2.24) is 0 Å². The molecule has 1 aliphatic heterocycles. The fraction of sp³-hybridized carbons (Fsp3) is 0.875. The first-order valence-electron chi connectivity index (χ1n) is 12.1. The van der Waals surface area contributed by atoms with Gasteiger partial charge in [0.05, 0.1) is 32.5 Å². The Morgan fingerprint density at radius 3 is 2.56 bits per heavy atom. The van der Waals surface area contributed by atoms with E-state index in [9.17, 15) is 9.90 Å². The first kappa shape index (κ1) is 27.7. The second kappa shape index (κ2) is 15.4. The van der Waals surface area contributed by atoms with E-state index in [2.05, 4.69) is 26.4 Å². The molecule has 0 radical (unpaired) electrons. The smallest absolute Gasteiger partial charge is 0.305 e. The number of hydrogen-bond acceptors (Lipinski definition) is 7. The summed E-state index contributed by atoms with van der Waals surface area (Å²) in [6.07, 6.45) is 13.2. The molecule has 32 heavy (non-hydrogen) atoms. The number of methoxy groups -OCH3 is 2. The number of carbonyl (C=O) groups is 1. The molecule has 0 bridgehead atoms.